The highest BCUT2D eigenvalue weighted by Crippen LogP contribution is 2.18. The third kappa shape index (κ3) is 0.789. The number of imidazole rings is 1. The standard InChI is InChI=1S/C6H5ClN2O/c7-5-3-9-2-1-8-6(9)10-4-5/h1-2,4H,3H2. The van der Waals surface area contributed by atoms with Crippen LogP contribution in [0.5, 0.6) is 6.01 Å². The zero-order chi connectivity index (χ0) is 6.97. The first-order valence-corrected chi connectivity index (χ1v) is 3.26. The van der Waals surface area contributed by atoms with Crippen molar-refractivity contribution in [2.24, 2.45) is 0 Å². The van der Waals surface area contributed by atoms with Crippen LogP contribution in [0.15, 0.2) is 23.7 Å². The van der Waals surface area contributed by atoms with Crippen LogP contribution in [0.25, 0.3) is 0 Å². The second kappa shape index (κ2) is 2.02. The number of hydrogen-bond donors (Lipinski definition) is 0. The topological polar surface area (TPSA) is 27.1 Å². The summed E-state index contributed by atoms with van der Waals surface area (Å²) in [6.45, 7) is 0.664. The number of aromatic nitrogens is 2. The molecule has 0 amide bonds. The molecule has 0 N–H and O–H groups in total. The van der Waals surface area contributed by atoms with E-state index < -0.39 is 0 Å². The normalized spacial score (nSPS) is 15.5. The van der Waals surface area contributed by atoms with E-state index in [4.69, 9.17) is 16.3 Å². The zero-order valence-corrected chi connectivity index (χ0v) is 5.88. The van der Waals surface area contributed by atoms with Gasteiger partial charge in [-0.3, -0.25) is 4.57 Å². The zero-order valence-electron chi connectivity index (χ0n) is 5.12. The van der Waals surface area contributed by atoms with E-state index in [9.17, 15) is 0 Å². The Kier molecular flexibility index (Phi) is 1.17. The Hall–Kier alpha value is -0.960. The maximum Gasteiger partial charge on any atom is 0.301 e. The molecule has 0 radical (unpaired) electrons. The molecule has 1 aliphatic rings. The van der Waals surface area contributed by atoms with Crippen LogP contribution in [0.2, 0.25) is 0 Å². The van der Waals surface area contributed by atoms with E-state index in [-0.39, 0.29) is 0 Å². The summed E-state index contributed by atoms with van der Waals surface area (Å²) in [5.41, 5.74) is 0. The molecule has 0 aromatic carbocycles. The van der Waals surface area contributed by atoms with Crippen molar-refractivity contribution >= 4 is 11.6 Å². The lowest BCUT2D eigenvalue weighted by molar-refractivity contribution is 0.393. The molecule has 0 bridgehead atoms. The van der Waals surface area contributed by atoms with Gasteiger partial charge in [0, 0.05) is 12.4 Å². The molecule has 2 heterocycles. The van der Waals surface area contributed by atoms with Crippen LogP contribution in [0.4, 0.5) is 0 Å². The van der Waals surface area contributed by atoms with E-state index in [0.29, 0.717) is 17.6 Å². The lowest BCUT2D eigenvalue weighted by Gasteiger charge is -2.10. The van der Waals surface area contributed by atoms with Gasteiger partial charge in [0.1, 0.15) is 6.26 Å². The van der Waals surface area contributed by atoms with Gasteiger partial charge in [0.05, 0.1) is 11.6 Å². The van der Waals surface area contributed by atoms with Crippen molar-refractivity contribution < 1.29 is 4.74 Å². The summed E-state index contributed by atoms with van der Waals surface area (Å²) in [5, 5.41) is 0.686. The number of fused-ring (bicyclic) bond motifs is 1. The van der Waals surface area contributed by atoms with Crippen molar-refractivity contribution in [2.45, 2.75) is 6.54 Å². The molecule has 0 fully saturated rings. The molecule has 0 saturated carbocycles. The summed E-state index contributed by atoms with van der Waals surface area (Å²) in [7, 11) is 0. The van der Waals surface area contributed by atoms with Gasteiger partial charge in [-0.05, 0) is 0 Å². The highest BCUT2D eigenvalue weighted by atomic mass is 35.5. The lowest BCUT2D eigenvalue weighted by Crippen LogP contribution is -2.05. The SMILES string of the molecule is ClC1=COc2nccn2C1. The summed E-state index contributed by atoms with van der Waals surface area (Å²) in [5.74, 6) is 0. The van der Waals surface area contributed by atoms with Gasteiger partial charge < -0.3 is 4.74 Å². The Labute approximate surface area is 62.9 Å². The van der Waals surface area contributed by atoms with Gasteiger partial charge in [0.2, 0.25) is 0 Å². The molecule has 2 rings (SSSR count). The van der Waals surface area contributed by atoms with Gasteiger partial charge in [-0.25, -0.2) is 4.98 Å². The molecule has 3 nitrogen and oxygen atoms in total. The van der Waals surface area contributed by atoms with E-state index >= 15 is 0 Å². The first-order chi connectivity index (χ1) is 4.86. The number of hydrogen-bond acceptors (Lipinski definition) is 2. The van der Waals surface area contributed by atoms with Gasteiger partial charge in [-0.1, -0.05) is 11.6 Å². The van der Waals surface area contributed by atoms with Gasteiger partial charge in [0.25, 0.3) is 0 Å². The molecule has 4 heteroatoms. The Morgan fingerprint density at radius 1 is 1.70 bits per heavy atom. The van der Waals surface area contributed by atoms with Crippen LogP contribution in [-0.4, -0.2) is 9.55 Å². The third-order valence-corrected chi connectivity index (χ3v) is 1.50. The molecule has 0 aliphatic carbocycles. The monoisotopic (exact) mass is 156 g/mol. The Bertz CT molecular complexity index is 279. The van der Waals surface area contributed by atoms with Crippen LogP contribution >= 0.6 is 11.6 Å². The highest BCUT2D eigenvalue weighted by molar-refractivity contribution is 6.29. The molecule has 10 heavy (non-hydrogen) atoms. The predicted molar refractivity (Wildman–Crippen MR) is 36.8 cm³/mol. The van der Waals surface area contributed by atoms with Gasteiger partial charge in [-0.2, -0.15) is 0 Å². The smallest absolute Gasteiger partial charge is 0.301 e. The largest absolute Gasteiger partial charge is 0.432 e. The number of rotatable bonds is 0. The maximum absolute atomic E-state index is 5.69. The number of ether oxygens (including phenoxy) is 1. The maximum atomic E-state index is 5.69. The minimum Gasteiger partial charge on any atom is -0.432 e. The Balaban J connectivity index is 2.39. The molecule has 0 spiro atoms. The Morgan fingerprint density at radius 2 is 2.60 bits per heavy atom. The first-order valence-electron chi connectivity index (χ1n) is 2.88. The molecule has 52 valence electrons. The van der Waals surface area contributed by atoms with Gasteiger partial charge in [-0.15, -0.1) is 0 Å². The summed E-state index contributed by atoms with van der Waals surface area (Å²) in [6.07, 6.45) is 5.01. The predicted octanol–water partition coefficient (Wildman–Crippen LogP) is 1.36. The molecule has 0 saturated heterocycles. The minimum atomic E-state index is 0.601. The average molecular weight is 157 g/mol. The minimum absolute atomic E-state index is 0.601. The van der Waals surface area contributed by atoms with E-state index in [2.05, 4.69) is 4.98 Å². The molecule has 1 aromatic rings. The molecule has 0 atom stereocenters. The fourth-order valence-electron chi connectivity index (χ4n) is 0.851. The third-order valence-electron chi connectivity index (χ3n) is 1.29. The fourth-order valence-corrected chi connectivity index (χ4v) is 1.02. The van der Waals surface area contributed by atoms with Crippen molar-refractivity contribution in [3.05, 3.63) is 23.7 Å². The van der Waals surface area contributed by atoms with Crippen molar-refractivity contribution in [3.8, 4) is 6.01 Å². The molecular weight excluding hydrogens is 152 g/mol. The molecule has 0 unspecified atom stereocenters. The molecule has 1 aliphatic heterocycles. The quantitative estimate of drug-likeness (QED) is 0.567. The van der Waals surface area contributed by atoms with Crippen LogP contribution in [-0.2, 0) is 6.54 Å². The van der Waals surface area contributed by atoms with Crippen LogP contribution in [0.1, 0.15) is 0 Å². The van der Waals surface area contributed by atoms with Crippen molar-refractivity contribution in [1.29, 1.82) is 0 Å². The van der Waals surface area contributed by atoms with Crippen LogP contribution in [0.3, 0.4) is 0 Å². The number of nitrogens with zero attached hydrogens (tertiary/aromatic N) is 2. The van der Waals surface area contributed by atoms with E-state index in [0.717, 1.165) is 0 Å². The fraction of sp³-hybridized carbons (Fsp3) is 0.167. The van der Waals surface area contributed by atoms with E-state index in [1.54, 1.807) is 6.20 Å². The first kappa shape index (κ1) is 5.80. The van der Waals surface area contributed by atoms with Crippen LogP contribution < -0.4 is 4.74 Å². The summed E-state index contributed by atoms with van der Waals surface area (Å²) >= 11 is 5.69. The number of allylic oxidation sites excluding steroid dienone is 1. The number of halogens is 1. The van der Waals surface area contributed by atoms with Crippen molar-refractivity contribution in [2.75, 3.05) is 0 Å². The van der Waals surface area contributed by atoms with Crippen molar-refractivity contribution in [3.63, 3.8) is 0 Å². The van der Waals surface area contributed by atoms with Crippen LogP contribution in [0, 0.1) is 0 Å². The molecule has 1 aromatic heterocycles. The van der Waals surface area contributed by atoms with Gasteiger partial charge >= 0.3 is 6.01 Å². The second-order valence-electron chi connectivity index (χ2n) is 2.02. The van der Waals surface area contributed by atoms with E-state index in [1.165, 1.54) is 6.26 Å². The summed E-state index contributed by atoms with van der Waals surface area (Å²) < 4.78 is 6.87. The lowest BCUT2D eigenvalue weighted by atomic mass is 10.5. The Morgan fingerprint density at radius 3 is 3.50 bits per heavy atom. The van der Waals surface area contributed by atoms with Gasteiger partial charge in [0.15, 0.2) is 0 Å². The summed E-state index contributed by atoms with van der Waals surface area (Å²) in [6, 6.07) is 0.601. The highest BCUT2D eigenvalue weighted by Gasteiger charge is 2.09. The molecular formula is C6H5ClN2O. The summed E-state index contributed by atoms with van der Waals surface area (Å²) in [4.78, 5) is 3.93. The second-order valence-corrected chi connectivity index (χ2v) is 2.51. The van der Waals surface area contributed by atoms with E-state index in [1.807, 2.05) is 10.8 Å². The average Bonchev–Trinajstić information content (AvgIpc) is 2.33. The van der Waals surface area contributed by atoms with Crippen molar-refractivity contribution in [1.82, 2.24) is 9.55 Å².